The van der Waals surface area contributed by atoms with Crippen LogP contribution in [0, 0.1) is 11.3 Å². The number of aldehydes is 1. The molecular formula is C17H33NO. The summed E-state index contributed by atoms with van der Waals surface area (Å²) in [5.74, 6) is 0.721. The SMILES string of the molecule is CCCCN(CCCC)CC1(C=O)CCCC(C)C1. The number of hydrogen-bond donors (Lipinski definition) is 0. The first-order valence-electron chi connectivity index (χ1n) is 8.34. The zero-order valence-electron chi connectivity index (χ0n) is 13.3. The van der Waals surface area contributed by atoms with Crippen molar-refractivity contribution in [2.75, 3.05) is 19.6 Å². The van der Waals surface area contributed by atoms with Gasteiger partial charge >= 0.3 is 0 Å². The second kappa shape index (κ2) is 8.73. The predicted molar refractivity (Wildman–Crippen MR) is 82.4 cm³/mol. The third-order valence-electron chi connectivity index (χ3n) is 4.57. The largest absolute Gasteiger partial charge is 0.303 e. The molecule has 0 N–H and O–H groups in total. The lowest BCUT2D eigenvalue weighted by Crippen LogP contribution is -2.42. The summed E-state index contributed by atoms with van der Waals surface area (Å²) in [6.07, 6.45) is 11.0. The van der Waals surface area contributed by atoms with Gasteiger partial charge < -0.3 is 9.69 Å². The van der Waals surface area contributed by atoms with Gasteiger partial charge in [-0.1, -0.05) is 46.5 Å². The van der Waals surface area contributed by atoms with Crippen molar-refractivity contribution in [2.45, 2.75) is 72.1 Å². The first-order valence-corrected chi connectivity index (χ1v) is 8.34. The van der Waals surface area contributed by atoms with E-state index in [0.29, 0.717) is 0 Å². The van der Waals surface area contributed by atoms with Crippen molar-refractivity contribution in [3.63, 3.8) is 0 Å². The fraction of sp³-hybridized carbons (Fsp3) is 0.941. The minimum Gasteiger partial charge on any atom is -0.303 e. The van der Waals surface area contributed by atoms with Crippen LogP contribution in [-0.4, -0.2) is 30.8 Å². The highest BCUT2D eigenvalue weighted by atomic mass is 16.1. The molecule has 2 atom stereocenters. The lowest BCUT2D eigenvalue weighted by atomic mass is 9.70. The van der Waals surface area contributed by atoms with E-state index in [-0.39, 0.29) is 5.41 Å². The van der Waals surface area contributed by atoms with E-state index >= 15 is 0 Å². The van der Waals surface area contributed by atoms with Crippen LogP contribution in [0.2, 0.25) is 0 Å². The molecule has 0 radical (unpaired) electrons. The van der Waals surface area contributed by atoms with Crippen molar-refractivity contribution in [3.05, 3.63) is 0 Å². The van der Waals surface area contributed by atoms with E-state index < -0.39 is 0 Å². The fourth-order valence-electron chi connectivity index (χ4n) is 3.47. The smallest absolute Gasteiger partial charge is 0.127 e. The van der Waals surface area contributed by atoms with Gasteiger partial charge in [0.2, 0.25) is 0 Å². The van der Waals surface area contributed by atoms with Gasteiger partial charge in [-0.05, 0) is 44.7 Å². The van der Waals surface area contributed by atoms with E-state index in [0.717, 1.165) is 25.3 Å². The molecule has 2 nitrogen and oxygen atoms in total. The molecule has 0 aliphatic heterocycles. The number of nitrogens with zero attached hydrogens (tertiary/aromatic N) is 1. The van der Waals surface area contributed by atoms with Crippen molar-refractivity contribution in [1.29, 1.82) is 0 Å². The van der Waals surface area contributed by atoms with Crippen LogP contribution in [0.15, 0.2) is 0 Å². The molecule has 1 aliphatic carbocycles. The van der Waals surface area contributed by atoms with Gasteiger partial charge in [0.1, 0.15) is 6.29 Å². The molecule has 1 saturated carbocycles. The lowest BCUT2D eigenvalue weighted by molar-refractivity contribution is -0.120. The summed E-state index contributed by atoms with van der Waals surface area (Å²) < 4.78 is 0. The van der Waals surface area contributed by atoms with Gasteiger partial charge in [-0.2, -0.15) is 0 Å². The van der Waals surface area contributed by atoms with Crippen LogP contribution in [0.4, 0.5) is 0 Å². The van der Waals surface area contributed by atoms with Gasteiger partial charge in [0.25, 0.3) is 0 Å². The molecule has 1 rings (SSSR count). The normalized spacial score (nSPS) is 27.7. The number of rotatable bonds is 9. The van der Waals surface area contributed by atoms with Crippen LogP contribution < -0.4 is 0 Å². The summed E-state index contributed by atoms with van der Waals surface area (Å²) in [5.41, 5.74) is -0.0425. The number of carbonyl (C=O) groups excluding carboxylic acids is 1. The Morgan fingerprint density at radius 1 is 1.21 bits per heavy atom. The molecule has 2 heteroatoms. The maximum Gasteiger partial charge on any atom is 0.127 e. The standard InChI is InChI=1S/C17H33NO/c1-4-6-11-18(12-7-5-2)14-17(15-19)10-8-9-16(3)13-17/h15-16H,4-14H2,1-3H3. The lowest BCUT2D eigenvalue weighted by Gasteiger charge is -2.39. The summed E-state index contributed by atoms with van der Waals surface area (Å²) in [7, 11) is 0. The number of carbonyl (C=O) groups is 1. The van der Waals surface area contributed by atoms with Crippen LogP contribution in [0.3, 0.4) is 0 Å². The Labute approximate surface area is 119 Å². The number of unbranched alkanes of at least 4 members (excludes halogenated alkanes) is 2. The summed E-state index contributed by atoms with van der Waals surface area (Å²) in [4.78, 5) is 14.2. The Morgan fingerprint density at radius 2 is 1.84 bits per heavy atom. The molecule has 19 heavy (non-hydrogen) atoms. The molecule has 0 amide bonds. The maximum atomic E-state index is 11.7. The molecule has 2 unspecified atom stereocenters. The van der Waals surface area contributed by atoms with Crippen LogP contribution >= 0.6 is 0 Å². The van der Waals surface area contributed by atoms with E-state index in [9.17, 15) is 4.79 Å². The Hall–Kier alpha value is -0.370. The number of hydrogen-bond acceptors (Lipinski definition) is 2. The average molecular weight is 267 g/mol. The topological polar surface area (TPSA) is 20.3 Å². The predicted octanol–water partition coefficient (Wildman–Crippen LogP) is 4.28. The average Bonchev–Trinajstić information content (AvgIpc) is 2.42. The minimum atomic E-state index is -0.0425. The minimum absolute atomic E-state index is 0.0425. The molecule has 0 aromatic carbocycles. The first kappa shape index (κ1) is 16.7. The van der Waals surface area contributed by atoms with Gasteiger partial charge in [0.05, 0.1) is 0 Å². The maximum absolute atomic E-state index is 11.7. The molecule has 0 saturated heterocycles. The Bertz CT molecular complexity index is 246. The highest BCUT2D eigenvalue weighted by molar-refractivity contribution is 5.60. The molecule has 1 fully saturated rings. The molecule has 0 bridgehead atoms. The van der Waals surface area contributed by atoms with Gasteiger partial charge in [0.15, 0.2) is 0 Å². The van der Waals surface area contributed by atoms with Gasteiger partial charge in [-0.15, -0.1) is 0 Å². The van der Waals surface area contributed by atoms with Crippen molar-refractivity contribution >= 4 is 6.29 Å². The van der Waals surface area contributed by atoms with Crippen LogP contribution in [0.25, 0.3) is 0 Å². The Morgan fingerprint density at radius 3 is 2.32 bits per heavy atom. The summed E-state index contributed by atoms with van der Waals surface area (Å²) in [6.45, 7) is 10.1. The molecule has 0 aromatic heterocycles. The van der Waals surface area contributed by atoms with Gasteiger partial charge in [0, 0.05) is 12.0 Å². The second-order valence-electron chi connectivity index (χ2n) is 6.67. The monoisotopic (exact) mass is 267 g/mol. The Balaban J connectivity index is 2.59. The van der Waals surface area contributed by atoms with Crippen LogP contribution in [0.1, 0.15) is 72.1 Å². The van der Waals surface area contributed by atoms with E-state index in [1.807, 2.05) is 0 Å². The third-order valence-corrected chi connectivity index (χ3v) is 4.57. The zero-order chi connectivity index (χ0) is 14.1. The van der Waals surface area contributed by atoms with Crippen molar-refractivity contribution in [3.8, 4) is 0 Å². The van der Waals surface area contributed by atoms with Crippen LogP contribution in [0.5, 0.6) is 0 Å². The molecule has 0 spiro atoms. The molecule has 112 valence electrons. The molecular weight excluding hydrogens is 234 g/mol. The van der Waals surface area contributed by atoms with Gasteiger partial charge in [-0.3, -0.25) is 0 Å². The summed E-state index contributed by atoms with van der Waals surface area (Å²) in [5, 5.41) is 0. The third kappa shape index (κ3) is 5.64. The van der Waals surface area contributed by atoms with Gasteiger partial charge in [-0.25, -0.2) is 0 Å². The quantitative estimate of drug-likeness (QED) is 0.581. The molecule has 0 heterocycles. The summed E-state index contributed by atoms with van der Waals surface area (Å²) >= 11 is 0. The van der Waals surface area contributed by atoms with Crippen molar-refractivity contribution in [2.24, 2.45) is 11.3 Å². The molecule has 1 aliphatic rings. The van der Waals surface area contributed by atoms with Crippen LogP contribution in [-0.2, 0) is 4.79 Å². The van der Waals surface area contributed by atoms with E-state index in [1.54, 1.807) is 0 Å². The second-order valence-corrected chi connectivity index (χ2v) is 6.67. The van der Waals surface area contributed by atoms with E-state index in [2.05, 4.69) is 25.7 Å². The fourth-order valence-corrected chi connectivity index (χ4v) is 3.47. The van der Waals surface area contributed by atoms with E-state index in [1.165, 1.54) is 57.9 Å². The van der Waals surface area contributed by atoms with E-state index in [4.69, 9.17) is 0 Å². The highest BCUT2D eigenvalue weighted by Gasteiger charge is 2.36. The highest BCUT2D eigenvalue weighted by Crippen LogP contribution is 2.38. The molecule has 0 aromatic rings. The van der Waals surface area contributed by atoms with Crippen molar-refractivity contribution < 1.29 is 4.79 Å². The summed E-state index contributed by atoms with van der Waals surface area (Å²) in [6, 6.07) is 0. The Kier molecular flexibility index (Phi) is 7.67. The van der Waals surface area contributed by atoms with Crippen molar-refractivity contribution in [1.82, 2.24) is 4.90 Å². The first-order chi connectivity index (χ1) is 9.15. The zero-order valence-corrected chi connectivity index (χ0v) is 13.3.